The highest BCUT2D eigenvalue weighted by Crippen LogP contribution is 2.26. The van der Waals surface area contributed by atoms with Gasteiger partial charge in [0.2, 0.25) is 0 Å². The van der Waals surface area contributed by atoms with E-state index in [0.29, 0.717) is 21.2 Å². The number of rotatable bonds is 2. The van der Waals surface area contributed by atoms with Gasteiger partial charge in [-0.1, -0.05) is 51.3 Å². The van der Waals surface area contributed by atoms with E-state index in [-0.39, 0.29) is 5.78 Å². The van der Waals surface area contributed by atoms with Crippen LogP contribution >= 0.6 is 39.1 Å². The predicted molar refractivity (Wildman–Crippen MR) is 74.0 cm³/mol. The third kappa shape index (κ3) is 2.71. The summed E-state index contributed by atoms with van der Waals surface area (Å²) in [5, 5.41) is 0.872. The highest BCUT2D eigenvalue weighted by Gasteiger charge is 2.15. The molecule has 17 heavy (non-hydrogen) atoms. The van der Waals surface area contributed by atoms with Gasteiger partial charge in [0.25, 0.3) is 0 Å². The van der Waals surface area contributed by atoms with Crippen LogP contribution < -0.4 is 0 Å². The van der Waals surface area contributed by atoms with E-state index >= 15 is 0 Å². The van der Waals surface area contributed by atoms with Crippen LogP contribution in [0.3, 0.4) is 0 Å². The molecule has 2 aromatic rings. The third-order valence-corrected chi connectivity index (χ3v) is 3.53. The van der Waals surface area contributed by atoms with Crippen LogP contribution in [0.5, 0.6) is 0 Å². The fourth-order valence-electron chi connectivity index (χ4n) is 1.46. The van der Waals surface area contributed by atoms with Gasteiger partial charge in [0, 0.05) is 20.6 Å². The summed E-state index contributed by atoms with van der Waals surface area (Å²) in [6, 6.07) is 12.1. The van der Waals surface area contributed by atoms with Crippen molar-refractivity contribution in [3.05, 3.63) is 68.1 Å². The molecule has 0 bridgehead atoms. The Balaban J connectivity index is 2.48. The molecule has 0 aliphatic heterocycles. The summed E-state index contributed by atoms with van der Waals surface area (Å²) in [5.41, 5.74) is 1.03. The zero-order valence-electron chi connectivity index (χ0n) is 8.58. The molecule has 1 nitrogen and oxygen atoms in total. The molecule has 2 rings (SSSR count). The Kier molecular flexibility index (Phi) is 3.87. The molecule has 0 unspecified atom stereocenters. The lowest BCUT2D eigenvalue weighted by Crippen LogP contribution is -2.02. The van der Waals surface area contributed by atoms with Crippen LogP contribution in [-0.4, -0.2) is 5.78 Å². The first-order chi connectivity index (χ1) is 8.09. The first-order valence-corrected chi connectivity index (χ1v) is 6.39. The number of halogens is 3. The van der Waals surface area contributed by atoms with E-state index in [1.54, 1.807) is 24.3 Å². The Hall–Kier alpha value is -0.830. The minimum absolute atomic E-state index is 0.126. The third-order valence-electron chi connectivity index (χ3n) is 2.29. The molecule has 0 radical (unpaired) electrons. The van der Waals surface area contributed by atoms with Crippen LogP contribution in [0.15, 0.2) is 46.9 Å². The molecular weight excluding hydrogens is 323 g/mol. The maximum absolute atomic E-state index is 12.2. The quantitative estimate of drug-likeness (QED) is 0.709. The Bertz CT molecular complexity index is 581. The number of benzene rings is 2. The van der Waals surface area contributed by atoms with Gasteiger partial charge in [-0.3, -0.25) is 4.79 Å². The van der Waals surface area contributed by atoms with Gasteiger partial charge in [-0.2, -0.15) is 0 Å². The minimum Gasteiger partial charge on any atom is -0.289 e. The van der Waals surface area contributed by atoms with Crippen molar-refractivity contribution < 1.29 is 4.79 Å². The van der Waals surface area contributed by atoms with E-state index in [1.165, 1.54) is 0 Å². The number of ketones is 1. The average Bonchev–Trinajstić information content (AvgIpc) is 2.29. The highest BCUT2D eigenvalue weighted by atomic mass is 79.9. The number of hydrogen-bond acceptors (Lipinski definition) is 1. The molecule has 4 heteroatoms. The Morgan fingerprint density at radius 3 is 2.35 bits per heavy atom. The van der Waals surface area contributed by atoms with Gasteiger partial charge < -0.3 is 0 Å². The Morgan fingerprint density at radius 1 is 1.00 bits per heavy atom. The Labute approximate surface area is 117 Å². The van der Waals surface area contributed by atoms with Gasteiger partial charge in [0.05, 0.1) is 5.02 Å². The second-order valence-corrected chi connectivity index (χ2v) is 5.13. The summed E-state index contributed by atoms with van der Waals surface area (Å²) in [7, 11) is 0. The fourth-order valence-corrected chi connectivity index (χ4v) is 2.42. The normalized spacial score (nSPS) is 10.3. The van der Waals surface area contributed by atoms with Crippen molar-refractivity contribution in [1.82, 2.24) is 0 Å². The summed E-state index contributed by atoms with van der Waals surface area (Å²) in [4.78, 5) is 12.2. The van der Waals surface area contributed by atoms with Gasteiger partial charge in [-0.05, 0) is 30.3 Å². The van der Waals surface area contributed by atoms with E-state index in [4.69, 9.17) is 23.2 Å². The van der Waals surface area contributed by atoms with Crippen molar-refractivity contribution in [1.29, 1.82) is 0 Å². The molecule has 0 N–H and O–H groups in total. The number of carbonyl (C=O) groups is 1. The first kappa shape index (κ1) is 12.6. The molecule has 0 heterocycles. The van der Waals surface area contributed by atoms with Crippen molar-refractivity contribution in [2.24, 2.45) is 0 Å². The standard InChI is InChI=1S/C13H7BrCl2O/c14-11-4-2-1-3-9(11)13(17)10-6-5-8(15)7-12(10)16/h1-7H. The van der Waals surface area contributed by atoms with E-state index in [0.717, 1.165) is 4.47 Å². The monoisotopic (exact) mass is 328 g/mol. The first-order valence-electron chi connectivity index (χ1n) is 4.84. The van der Waals surface area contributed by atoms with Crippen LogP contribution in [-0.2, 0) is 0 Å². The molecular formula is C13H7BrCl2O. The van der Waals surface area contributed by atoms with Crippen molar-refractivity contribution in [2.45, 2.75) is 0 Å². The molecule has 2 aromatic carbocycles. The lowest BCUT2D eigenvalue weighted by molar-refractivity contribution is 0.103. The van der Waals surface area contributed by atoms with Crippen LogP contribution in [0.2, 0.25) is 10.0 Å². The van der Waals surface area contributed by atoms with Gasteiger partial charge in [-0.25, -0.2) is 0 Å². The molecule has 0 fully saturated rings. The van der Waals surface area contributed by atoms with Gasteiger partial charge >= 0.3 is 0 Å². The van der Waals surface area contributed by atoms with E-state index < -0.39 is 0 Å². The molecule has 0 amide bonds. The van der Waals surface area contributed by atoms with Crippen molar-refractivity contribution in [3.63, 3.8) is 0 Å². The van der Waals surface area contributed by atoms with Gasteiger partial charge in [-0.15, -0.1) is 0 Å². The molecule has 86 valence electrons. The van der Waals surface area contributed by atoms with Gasteiger partial charge in [0.15, 0.2) is 5.78 Å². The zero-order valence-corrected chi connectivity index (χ0v) is 11.7. The van der Waals surface area contributed by atoms with Crippen molar-refractivity contribution >= 4 is 44.9 Å². The van der Waals surface area contributed by atoms with Crippen LogP contribution in [0.1, 0.15) is 15.9 Å². The van der Waals surface area contributed by atoms with Crippen molar-refractivity contribution in [2.75, 3.05) is 0 Å². The largest absolute Gasteiger partial charge is 0.289 e. The topological polar surface area (TPSA) is 17.1 Å². The average molecular weight is 330 g/mol. The van der Waals surface area contributed by atoms with Crippen LogP contribution in [0, 0.1) is 0 Å². The lowest BCUT2D eigenvalue weighted by atomic mass is 10.0. The summed E-state index contributed by atoms with van der Waals surface area (Å²) in [6.45, 7) is 0. The number of carbonyl (C=O) groups excluding carboxylic acids is 1. The fraction of sp³-hybridized carbons (Fsp3) is 0. The molecule has 0 aliphatic carbocycles. The highest BCUT2D eigenvalue weighted by molar-refractivity contribution is 9.10. The van der Waals surface area contributed by atoms with Crippen molar-refractivity contribution in [3.8, 4) is 0 Å². The molecule has 0 atom stereocenters. The van der Waals surface area contributed by atoms with E-state index in [1.807, 2.05) is 18.2 Å². The number of hydrogen-bond donors (Lipinski definition) is 0. The lowest BCUT2D eigenvalue weighted by Gasteiger charge is -2.05. The maximum atomic E-state index is 12.2. The molecule has 0 aliphatic rings. The molecule has 0 saturated heterocycles. The summed E-state index contributed by atoms with van der Waals surface area (Å²) < 4.78 is 0.746. The second kappa shape index (κ2) is 5.21. The zero-order chi connectivity index (χ0) is 12.4. The molecule has 0 saturated carbocycles. The summed E-state index contributed by atoms with van der Waals surface area (Å²) in [5.74, 6) is -0.126. The summed E-state index contributed by atoms with van der Waals surface area (Å²) in [6.07, 6.45) is 0. The maximum Gasteiger partial charge on any atom is 0.195 e. The molecule has 0 spiro atoms. The Morgan fingerprint density at radius 2 is 1.71 bits per heavy atom. The van der Waals surface area contributed by atoms with Crippen LogP contribution in [0.25, 0.3) is 0 Å². The van der Waals surface area contributed by atoms with Crippen LogP contribution in [0.4, 0.5) is 0 Å². The minimum atomic E-state index is -0.126. The van der Waals surface area contributed by atoms with E-state index in [2.05, 4.69) is 15.9 Å². The predicted octanol–water partition coefficient (Wildman–Crippen LogP) is 4.99. The smallest absolute Gasteiger partial charge is 0.195 e. The van der Waals surface area contributed by atoms with Gasteiger partial charge in [0.1, 0.15) is 0 Å². The summed E-state index contributed by atoms with van der Waals surface area (Å²) >= 11 is 15.1. The SMILES string of the molecule is O=C(c1ccc(Cl)cc1Cl)c1ccccc1Br. The molecule has 0 aromatic heterocycles. The second-order valence-electron chi connectivity index (χ2n) is 3.43. The van der Waals surface area contributed by atoms with E-state index in [9.17, 15) is 4.79 Å².